The first kappa shape index (κ1) is 10.8. The molecule has 0 aromatic heterocycles. The van der Waals surface area contributed by atoms with Crippen LogP contribution in [0.15, 0.2) is 0 Å². The van der Waals surface area contributed by atoms with Gasteiger partial charge in [-0.25, -0.2) is 0 Å². The van der Waals surface area contributed by atoms with Gasteiger partial charge in [-0.3, -0.25) is 4.90 Å². The molecular formula is C11H21NOS. The summed E-state index contributed by atoms with van der Waals surface area (Å²) in [6.45, 7) is 1.14. The summed E-state index contributed by atoms with van der Waals surface area (Å²) in [5.74, 6) is 3.17. The van der Waals surface area contributed by atoms with Gasteiger partial charge in [-0.2, -0.15) is 11.8 Å². The normalized spacial score (nSPS) is 32.6. The van der Waals surface area contributed by atoms with E-state index >= 15 is 0 Å². The van der Waals surface area contributed by atoms with E-state index in [-0.39, 0.29) is 6.10 Å². The molecule has 2 aliphatic rings. The zero-order chi connectivity index (χ0) is 9.97. The van der Waals surface area contributed by atoms with Gasteiger partial charge in [0.25, 0.3) is 0 Å². The van der Waals surface area contributed by atoms with Crippen molar-refractivity contribution in [2.45, 2.75) is 37.8 Å². The molecule has 1 aliphatic carbocycles. The lowest BCUT2D eigenvalue weighted by Crippen LogP contribution is -2.47. The van der Waals surface area contributed by atoms with E-state index < -0.39 is 0 Å². The molecule has 2 rings (SSSR count). The molecule has 1 saturated heterocycles. The predicted octanol–water partition coefficient (Wildman–Crippen LogP) is 1.58. The lowest BCUT2D eigenvalue weighted by Gasteiger charge is -2.38. The van der Waals surface area contributed by atoms with Crippen molar-refractivity contribution in [2.24, 2.45) is 5.92 Å². The number of aliphatic hydroxyl groups excluding tert-OH is 1. The standard InChI is InChI=1S/C11H21NOS/c1-12-5-6-14-8-10(12)11(13)7-9-3-2-4-9/h9-11,13H,2-8H2,1H3. The maximum Gasteiger partial charge on any atom is 0.0705 e. The third-order valence-corrected chi connectivity index (χ3v) is 4.74. The van der Waals surface area contributed by atoms with Gasteiger partial charge in [0.2, 0.25) is 0 Å². The van der Waals surface area contributed by atoms with Crippen LogP contribution in [-0.4, -0.2) is 47.3 Å². The number of rotatable bonds is 3. The smallest absolute Gasteiger partial charge is 0.0705 e. The fraction of sp³-hybridized carbons (Fsp3) is 1.00. The molecule has 1 heterocycles. The van der Waals surface area contributed by atoms with Crippen LogP contribution in [0, 0.1) is 5.92 Å². The largest absolute Gasteiger partial charge is 0.391 e. The average molecular weight is 215 g/mol. The lowest BCUT2D eigenvalue weighted by atomic mass is 9.80. The van der Waals surface area contributed by atoms with Crippen molar-refractivity contribution in [1.29, 1.82) is 0 Å². The topological polar surface area (TPSA) is 23.5 Å². The monoisotopic (exact) mass is 215 g/mol. The summed E-state index contributed by atoms with van der Waals surface area (Å²) in [7, 11) is 2.15. The summed E-state index contributed by atoms with van der Waals surface area (Å²) in [4.78, 5) is 2.33. The minimum atomic E-state index is -0.0851. The Hall–Kier alpha value is 0.270. The molecule has 0 bridgehead atoms. The van der Waals surface area contributed by atoms with Crippen LogP contribution in [0.1, 0.15) is 25.7 Å². The number of hydrogen-bond acceptors (Lipinski definition) is 3. The van der Waals surface area contributed by atoms with Gasteiger partial charge < -0.3 is 5.11 Å². The third kappa shape index (κ3) is 2.44. The van der Waals surface area contributed by atoms with E-state index in [1.165, 1.54) is 25.0 Å². The Labute approximate surface area is 91.1 Å². The predicted molar refractivity (Wildman–Crippen MR) is 61.7 cm³/mol. The Kier molecular flexibility index (Phi) is 3.74. The van der Waals surface area contributed by atoms with E-state index in [1.807, 2.05) is 11.8 Å². The second-order valence-corrected chi connectivity index (χ2v) is 5.87. The van der Waals surface area contributed by atoms with Crippen LogP contribution >= 0.6 is 11.8 Å². The Morgan fingerprint density at radius 2 is 2.29 bits per heavy atom. The van der Waals surface area contributed by atoms with Gasteiger partial charge in [-0.15, -0.1) is 0 Å². The van der Waals surface area contributed by atoms with Crippen molar-refractivity contribution in [3.8, 4) is 0 Å². The Morgan fingerprint density at radius 3 is 2.86 bits per heavy atom. The van der Waals surface area contributed by atoms with Crippen molar-refractivity contribution in [3.63, 3.8) is 0 Å². The van der Waals surface area contributed by atoms with E-state index in [1.54, 1.807) is 0 Å². The first-order valence-corrected chi connectivity index (χ1v) is 6.89. The maximum atomic E-state index is 10.1. The molecule has 2 nitrogen and oxygen atoms in total. The Morgan fingerprint density at radius 1 is 1.50 bits per heavy atom. The molecule has 0 aromatic rings. The first-order chi connectivity index (χ1) is 6.77. The SMILES string of the molecule is CN1CCSCC1C(O)CC1CCC1. The van der Waals surface area contributed by atoms with Crippen LogP contribution in [0.4, 0.5) is 0 Å². The van der Waals surface area contributed by atoms with E-state index in [9.17, 15) is 5.11 Å². The lowest BCUT2D eigenvalue weighted by molar-refractivity contribution is 0.0447. The summed E-state index contributed by atoms with van der Waals surface area (Å²) >= 11 is 1.99. The van der Waals surface area contributed by atoms with Crippen molar-refractivity contribution in [2.75, 3.05) is 25.1 Å². The van der Waals surface area contributed by atoms with Gasteiger partial charge in [0, 0.05) is 24.1 Å². The summed E-state index contributed by atoms with van der Waals surface area (Å²) in [5, 5.41) is 10.1. The van der Waals surface area contributed by atoms with Crippen LogP contribution in [0.3, 0.4) is 0 Å². The molecule has 0 spiro atoms. The molecule has 82 valence electrons. The molecule has 0 amide bonds. The molecule has 0 aromatic carbocycles. The van der Waals surface area contributed by atoms with Gasteiger partial charge in [0.05, 0.1) is 6.10 Å². The van der Waals surface area contributed by atoms with Crippen molar-refractivity contribution < 1.29 is 5.11 Å². The van der Waals surface area contributed by atoms with Crippen molar-refractivity contribution in [3.05, 3.63) is 0 Å². The van der Waals surface area contributed by atoms with Gasteiger partial charge in [-0.1, -0.05) is 19.3 Å². The summed E-state index contributed by atoms with van der Waals surface area (Å²) in [6, 6.07) is 0.411. The van der Waals surface area contributed by atoms with Crippen molar-refractivity contribution >= 4 is 11.8 Å². The highest BCUT2D eigenvalue weighted by atomic mass is 32.2. The molecule has 0 radical (unpaired) electrons. The van der Waals surface area contributed by atoms with Crippen LogP contribution in [0.2, 0.25) is 0 Å². The maximum absolute atomic E-state index is 10.1. The highest BCUT2D eigenvalue weighted by Gasteiger charge is 2.30. The summed E-state index contributed by atoms with van der Waals surface area (Å²) in [5.41, 5.74) is 0. The molecule has 14 heavy (non-hydrogen) atoms. The molecule has 1 aliphatic heterocycles. The molecular weight excluding hydrogens is 194 g/mol. The second kappa shape index (κ2) is 4.86. The molecule has 2 unspecified atom stereocenters. The summed E-state index contributed by atoms with van der Waals surface area (Å²) < 4.78 is 0. The van der Waals surface area contributed by atoms with Gasteiger partial charge >= 0.3 is 0 Å². The number of hydrogen-bond donors (Lipinski definition) is 1. The van der Waals surface area contributed by atoms with E-state index in [4.69, 9.17) is 0 Å². The number of likely N-dealkylation sites (N-methyl/N-ethyl adjacent to an activating group) is 1. The van der Waals surface area contributed by atoms with E-state index in [2.05, 4.69) is 11.9 Å². The molecule has 2 atom stereocenters. The first-order valence-electron chi connectivity index (χ1n) is 5.73. The molecule has 1 N–H and O–H groups in total. The minimum Gasteiger partial charge on any atom is -0.391 e. The highest BCUT2D eigenvalue weighted by Crippen LogP contribution is 2.32. The zero-order valence-electron chi connectivity index (χ0n) is 8.98. The molecule has 2 fully saturated rings. The van der Waals surface area contributed by atoms with Crippen LogP contribution in [0.5, 0.6) is 0 Å². The molecule has 3 heteroatoms. The van der Waals surface area contributed by atoms with Gasteiger partial charge in [0.15, 0.2) is 0 Å². The van der Waals surface area contributed by atoms with E-state index in [0.29, 0.717) is 6.04 Å². The van der Waals surface area contributed by atoms with Gasteiger partial charge in [0.1, 0.15) is 0 Å². The van der Waals surface area contributed by atoms with Crippen molar-refractivity contribution in [1.82, 2.24) is 4.90 Å². The quantitative estimate of drug-likeness (QED) is 0.773. The third-order valence-electron chi connectivity index (χ3n) is 3.69. The highest BCUT2D eigenvalue weighted by molar-refractivity contribution is 7.99. The Balaban J connectivity index is 1.79. The van der Waals surface area contributed by atoms with E-state index in [0.717, 1.165) is 24.6 Å². The second-order valence-electron chi connectivity index (χ2n) is 4.72. The average Bonchev–Trinajstić information content (AvgIpc) is 2.12. The number of nitrogens with zero attached hydrogens (tertiary/aromatic N) is 1. The zero-order valence-corrected chi connectivity index (χ0v) is 9.80. The Bertz CT molecular complexity index is 184. The fourth-order valence-corrected chi connectivity index (χ4v) is 3.64. The molecule has 1 saturated carbocycles. The van der Waals surface area contributed by atoms with Crippen LogP contribution < -0.4 is 0 Å². The number of thioether (sulfide) groups is 1. The minimum absolute atomic E-state index is 0.0851. The van der Waals surface area contributed by atoms with Gasteiger partial charge in [-0.05, 0) is 19.4 Å². The fourth-order valence-electron chi connectivity index (χ4n) is 2.34. The number of aliphatic hydroxyl groups is 1. The van der Waals surface area contributed by atoms with Crippen LogP contribution in [-0.2, 0) is 0 Å². The summed E-state index contributed by atoms with van der Waals surface area (Å²) in [6.07, 6.45) is 5.03. The van der Waals surface area contributed by atoms with Crippen LogP contribution in [0.25, 0.3) is 0 Å².